The van der Waals surface area contributed by atoms with Gasteiger partial charge in [0.15, 0.2) is 0 Å². The van der Waals surface area contributed by atoms with E-state index in [4.69, 9.17) is 4.74 Å². The molecule has 4 N–H and O–H groups in total. The number of aryl methyl sites for hydroxylation is 2. The Balaban J connectivity index is 1.83. The molecule has 0 radical (unpaired) electrons. The molecule has 2 aromatic rings. The van der Waals surface area contributed by atoms with Gasteiger partial charge in [-0.05, 0) is 117 Å². The van der Waals surface area contributed by atoms with Crippen molar-refractivity contribution in [3.05, 3.63) is 57.6 Å². The summed E-state index contributed by atoms with van der Waals surface area (Å²) in [6.45, 7) is 28.4. The van der Waals surface area contributed by atoms with Crippen molar-refractivity contribution < 1.29 is 39.2 Å². The van der Waals surface area contributed by atoms with Gasteiger partial charge in [-0.3, -0.25) is 14.9 Å². The predicted molar refractivity (Wildman–Crippen MR) is 266 cm³/mol. The number of thioether (sulfide) groups is 2. The lowest BCUT2D eigenvalue weighted by atomic mass is 9.78. The fourth-order valence-corrected chi connectivity index (χ4v) is 9.03. The highest BCUT2D eigenvalue weighted by Crippen LogP contribution is 2.41. The molecule has 362 valence electrons. The second-order valence-corrected chi connectivity index (χ2v) is 23.5. The summed E-state index contributed by atoms with van der Waals surface area (Å²) in [6, 6.07) is 6.95. The molecule has 2 rings (SSSR count). The number of carbonyl (C=O) groups is 4. The van der Waals surface area contributed by atoms with Gasteiger partial charge in [0.25, 0.3) is 0 Å². The molecular weight excluding hydrogens is 847 g/mol. The molecule has 1 atom stereocenters. The molecule has 5 amide bonds. The van der Waals surface area contributed by atoms with Crippen LogP contribution in [0.1, 0.15) is 168 Å². The fourth-order valence-electron chi connectivity index (χ4n) is 7.32. The minimum Gasteiger partial charge on any atom is -0.507 e. The number of imide groups is 2. The SMILES string of the molecule is CCCCN(CCCSCCC(O)CCc1cc(C(C)(C)C)c(O)c(C(C)(C)C)c1)C(=O)N(CCCSCCOC(=O)CCc1cc(C(C)(C)C)c(O)c(C(C)(C)C)c1)C(=O)NC=O. The number of benzene rings is 2. The first kappa shape index (κ1) is 56.7. The summed E-state index contributed by atoms with van der Waals surface area (Å²) in [7, 11) is 0. The number of carbonyl (C=O) groups excluding carboxylic acids is 4. The maximum Gasteiger partial charge on any atom is 0.331 e. The molecular formula is C51H83N3O8S2. The number of aromatic hydroxyl groups is 2. The summed E-state index contributed by atoms with van der Waals surface area (Å²) >= 11 is 3.30. The quantitative estimate of drug-likeness (QED) is 0.0454. The van der Waals surface area contributed by atoms with Crippen LogP contribution in [0.25, 0.3) is 0 Å². The van der Waals surface area contributed by atoms with Crippen molar-refractivity contribution in [2.24, 2.45) is 0 Å². The summed E-state index contributed by atoms with van der Waals surface area (Å²) < 4.78 is 5.51. The summed E-state index contributed by atoms with van der Waals surface area (Å²) in [5.41, 5.74) is 4.75. The zero-order valence-corrected chi connectivity index (χ0v) is 43.2. The minimum absolute atomic E-state index is 0.138. The number of urea groups is 2. The van der Waals surface area contributed by atoms with E-state index in [-0.39, 0.29) is 47.2 Å². The monoisotopic (exact) mass is 930 g/mol. The van der Waals surface area contributed by atoms with E-state index in [9.17, 15) is 34.5 Å². The number of hydrogen-bond donors (Lipinski definition) is 4. The molecule has 0 aliphatic heterocycles. The molecule has 0 aromatic heterocycles. The number of esters is 1. The number of ether oxygens (including phenoxy) is 1. The standard InChI is InChI=1S/C51H83N3O8S2/c1-14-15-23-53(24-16-27-63-29-22-38(56)20-18-36-31-39(48(2,3)4)44(58)40(32-36)49(5,6)7)47(61)54(46(60)52-35-55)25-17-28-64-30-26-62-43(57)21-19-37-33-41(50(8,9)10)45(59)42(34-37)51(11,12)13/h31-35,38,56,58-59H,14-30H2,1-13H3,(H,52,55,60). The van der Waals surface area contributed by atoms with Gasteiger partial charge in [-0.15, -0.1) is 0 Å². The highest BCUT2D eigenvalue weighted by molar-refractivity contribution is 7.99. The van der Waals surface area contributed by atoms with Crippen molar-refractivity contribution in [2.75, 3.05) is 49.3 Å². The zero-order chi connectivity index (χ0) is 48.5. The van der Waals surface area contributed by atoms with E-state index in [1.165, 1.54) is 0 Å². The van der Waals surface area contributed by atoms with E-state index in [1.807, 2.05) is 19.1 Å². The van der Waals surface area contributed by atoms with E-state index >= 15 is 0 Å². The number of unbranched alkanes of at least 4 members (excludes halogenated alkanes) is 1. The number of rotatable bonds is 24. The summed E-state index contributed by atoms with van der Waals surface area (Å²) in [4.78, 5) is 53.3. The Morgan fingerprint density at radius 1 is 0.672 bits per heavy atom. The molecule has 64 heavy (non-hydrogen) atoms. The largest absolute Gasteiger partial charge is 0.507 e. The van der Waals surface area contributed by atoms with Crippen molar-refractivity contribution >= 4 is 48.0 Å². The van der Waals surface area contributed by atoms with Crippen LogP contribution in [-0.2, 0) is 48.8 Å². The van der Waals surface area contributed by atoms with E-state index in [0.717, 1.165) is 75.5 Å². The van der Waals surface area contributed by atoms with Gasteiger partial charge in [0.1, 0.15) is 18.1 Å². The van der Waals surface area contributed by atoms with Crippen LogP contribution in [0.2, 0.25) is 0 Å². The Kier molecular flexibility index (Phi) is 23.1. The molecule has 0 saturated heterocycles. The lowest BCUT2D eigenvalue weighted by Gasteiger charge is -2.29. The average Bonchev–Trinajstić information content (AvgIpc) is 3.18. The van der Waals surface area contributed by atoms with Gasteiger partial charge < -0.3 is 25.0 Å². The number of hydrogen-bond acceptors (Lipinski definition) is 10. The molecule has 0 bridgehead atoms. The Bertz CT molecular complexity index is 1740. The predicted octanol–water partition coefficient (Wildman–Crippen LogP) is 10.8. The number of phenols is 2. The van der Waals surface area contributed by atoms with Crippen LogP contribution < -0.4 is 5.32 Å². The Hall–Kier alpha value is -3.42. The third kappa shape index (κ3) is 19.2. The zero-order valence-electron chi connectivity index (χ0n) is 41.6. The molecule has 1 unspecified atom stereocenters. The highest BCUT2D eigenvalue weighted by Gasteiger charge is 2.29. The Morgan fingerprint density at radius 3 is 1.59 bits per heavy atom. The normalized spacial score (nSPS) is 12.8. The second-order valence-electron chi connectivity index (χ2n) is 21.1. The Labute approximate surface area is 394 Å². The van der Waals surface area contributed by atoms with Crippen LogP contribution in [0, 0.1) is 0 Å². The minimum atomic E-state index is -0.752. The number of phenolic OH excluding ortho intramolecular Hbond substituents is 2. The molecule has 0 spiro atoms. The van der Waals surface area contributed by atoms with Crippen LogP contribution in [0.15, 0.2) is 24.3 Å². The second kappa shape index (κ2) is 26.1. The third-order valence-electron chi connectivity index (χ3n) is 11.1. The van der Waals surface area contributed by atoms with E-state index in [0.29, 0.717) is 68.2 Å². The summed E-state index contributed by atoms with van der Waals surface area (Å²) in [6.07, 6.45) is 5.45. The lowest BCUT2D eigenvalue weighted by Crippen LogP contribution is -2.50. The van der Waals surface area contributed by atoms with Crippen molar-refractivity contribution in [3.8, 4) is 11.5 Å². The van der Waals surface area contributed by atoms with Gasteiger partial charge in [-0.1, -0.05) is 121 Å². The van der Waals surface area contributed by atoms with Crippen molar-refractivity contribution in [1.29, 1.82) is 0 Å². The number of amides is 5. The maximum absolute atomic E-state index is 13.7. The molecule has 0 aliphatic carbocycles. The molecule has 0 saturated carbocycles. The molecule has 0 heterocycles. The van der Waals surface area contributed by atoms with E-state index in [2.05, 4.69) is 101 Å². The van der Waals surface area contributed by atoms with Gasteiger partial charge in [-0.25, -0.2) is 14.5 Å². The van der Waals surface area contributed by atoms with Gasteiger partial charge in [-0.2, -0.15) is 23.5 Å². The third-order valence-corrected chi connectivity index (χ3v) is 13.3. The van der Waals surface area contributed by atoms with Crippen LogP contribution in [-0.4, -0.2) is 105 Å². The van der Waals surface area contributed by atoms with Crippen LogP contribution in [0.4, 0.5) is 9.59 Å². The first-order valence-corrected chi connectivity index (χ1v) is 25.6. The molecule has 0 fully saturated rings. The van der Waals surface area contributed by atoms with Crippen LogP contribution >= 0.6 is 23.5 Å². The van der Waals surface area contributed by atoms with E-state index < -0.39 is 18.2 Å². The average molecular weight is 930 g/mol. The van der Waals surface area contributed by atoms with Crippen molar-refractivity contribution in [2.45, 2.75) is 176 Å². The van der Waals surface area contributed by atoms with Crippen molar-refractivity contribution in [1.82, 2.24) is 15.1 Å². The maximum atomic E-state index is 13.7. The van der Waals surface area contributed by atoms with Crippen molar-refractivity contribution in [3.63, 3.8) is 0 Å². The molecule has 2 aromatic carbocycles. The van der Waals surface area contributed by atoms with E-state index in [1.54, 1.807) is 28.4 Å². The summed E-state index contributed by atoms with van der Waals surface area (Å²) in [5, 5.41) is 35.1. The number of nitrogens with one attached hydrogen (secondary N) is 1. The lowest BCUT2D eigenvalue weighted by molar-refractivity contribution is -0.142. The van der Waals surface area contributed by atoms with Crippen LogP contribution in [0.3, 0.4) is 0 Å². The smallest absolute Gasteiger partial charge is 0.331 e. The first-order valence-electron chi connectivity index (χ1n) is 23.3. The van der Waals surface area contributed by atoms with Crippen LogP contribution in [0.5, 0.6) is 11.5 Å². The molecule has 11 nitrogen and oxygen atoms in total. The Morgan fingerprint density at radius 2 is 1.12 bits per heavy atom. The van der Waals surface area contributed by atoms with Gasteiger partial charge >= 0.3 is 18.0 Å². The number of nitrogens with zero attached hydrogens (tertiary/aromatic N) is 2. The summed E-state index contributed by atoms with van der Waals surface area (Å²) in [5.74, 6) is 3.14. The highest BCUT2D eigenvalue weighted by atomic mass is 32.2. The van der Waals surface area contributed by atoms with Gasteiger partial charge in [0.2, 0.25) is 6.41 Å². The van der Waals surface area contributed by atoms with Gasteiger partial charge in [0, 0.05) is 31.8 Å². The molecule has 13 heteroatoms. The van der Waals surface area contributed by atoms with Gasteiger partial charge in [0.05, 0.1) is 6.10 Å². The number of aliphatic hydroxyl groups is 1. The number of aliphatic hydroxyl groups excluding tert-OH is 1. The first-order chi connectivity index (χ1) is 29.7. The fraction of sp³-hybridized carbons (Fsp3) is 0.686. The molecule has 0 aliphatic rings. The topological polar surface area (TPSA) is 157 Å².